The first-order valence-electron chi connectivity index (χ1n) is 15.1. The van der Waals surface area contributed by atoms with Crippen LogP contribution in [-0.2, 0) is 14.3 Å². The topological polar surface area (TPSA) is 140 Å². The Balaban J connectivity index is 1.26. The van der Waals surface area contributed by atoms with Crippen molar-refractivity contribution in [1.29, 1.82) is 0 Å². The van der Waals surface area contributed by atoms with E-state index in [1.165, 1.54) is 18.2 Å². The molecule has 0 aromatic heterocycles. The maximum Gasteiger partial charge on any atom is 0.338 e. The lowest BCUT2D eigenvalue weighted by Crippen LogP contribution is -2.08. The summed E-state index contributed by atoms with van der Waals surface area (Å²) in [5.74, 6) is -0.171. The molecule has 0 radical (unpaired) electrons. The summed E-state index contributed by atoms with van der Waals surface area (Å²) in [6, 6.07) is 18.4. The monoisotopic (exact) mass is 602 g/mol. The van der Waals surface area contributed by atoms with Crippen LogP contribution in [0, 0.1) is 0 Å². The molecule has 0 fully saturated rings. The summed E-state index contributed by atoms with van der Waals surface area (Å²) in [5.41, 5.74) is 13.8. The van der Waals surface area contributed by atoms with Crippen molar-refractivity contribution >= 4 is 35.4 Å². The van der Waals surface area contributed by atoms with E-state index in [0.717, 1.165) is 62.7 Å². The highest BCUT2D eigenvalue weighted by Gasteiger charge is 2.09. The molecule has 0 heterocycles. The van der Waals surface area contributed by atoms with Gasteiger partial charge in [-0.25, -0.2) is 14.4 Å². The van der Waals surface area contributed by atoms with Gasteiger partial charge in [-0.3, -0.25) is 0 Å². The summed E-state index contributed by atoms with van der Waals surface area (Å²) in [6.45, 7) is 3.45. The van der Waals surface area contributed by atoms with E-state index in [2.05, 4.69) is 6.92 Å². The number of esters is 3. The maximum atomic E-state index is 12.3. The number of carbonyl (C=O) groups excluding carboxylic acids is 3. The zero-order chi connectivity index (χ0) is 31.6. The third-order valence-corrected chi connectivity index (χ3v) is 6.59. The lowest BCUT2D eigenvalue weighted by Gasteiger charge is -2.07. The lowest BCUT2D eigenvalue weighted by molar-refractivity contribution is -0.128. The van der Waals surface area contributed by atoms with Crippen molar-refractivity contribution in [2.24, 2.45) is 0 Å². The molecule has 3 aromatic rings. The number of benzene rings is 3. The second kappa shape index (κ2) is 18.7. The number of ether oxygens (including phenoxy) is 4. The number of nitrogen functional groups attached to an aromatic ring is 2. The smallest absolute Gasteiger partial charge is 0.338 e. The van der Waals surface area contributed by atoms with Crippen molar-refractivity contribution in [3.05, 3.63) is 89.5 Å². The Bertz CT molecular complexity index is 1350. The number of hydrogen-bond acceptors (Lipinski definition) is 9. The van der Waals surface area contributed by atoms with Crippen LogP contribution in [0.1, 0.15) is 84.6 Å². The molecule has 44 heavy (non-hydrogen) atoms. The van der Waals surface area contributed by atoms with Gasteiger partial charge in [-0.15, -0.1) is 0 Å². The van der Waals surface area contributed by atoms with Gasteiger partial charge in [-0.05, 0) is 85.5 Å². The van der Waals surface area contributed by atoms with Gasteiger partial charge in [0, 0.05) is 17.5 Å². The van der Waals surface area contributed by atoms with Crippen molar-refractivity contribution in [3.8, 4) is 11.5 Å². The lowest BCUT2D eigenvalue weighted by atomic mass is 10.1. The van der Waals surface area contributed by atoms with Gasteiger partial charge in [0.15, 0.2) is 0 Å². The van der Waals surface area contributed by atoms with E-state index in [4.69, 9.17) is 30.4 Å². The number of carbonyl (C=O) groups is 3. The molecule has 0 saturated carbocycles. The second-order valence-corrected chi connectivity index (χ2v) is 10.3. The highest BCUT2D eigenvalue weighted by atomic mass is 16.5. The molecule has 0 aliphatic rings. The summed E-state index contributed by atoms with van der Waals surface area (Å²) in [6.07, 6.45) is 10.4. The molecular weight excluding hydrogens is 560 g/mol. The quantitative estimate of drug-likeness (QED) is 0.0517. The van der Waals surface area contributed by atoms with Crippen molar-refractivity contribution in [2.75, 3.05) is 31.3 Å². The first-order chi connectivity index (χ1) is 21.3. The average molecular weight is 603 g/mol. The third kappa shape index (κ3) is 12.6. The molecule has 0 aliphatic carbocycles. The van der Waals surface area contributed by atoms with Gasteiger partial charge in [0.05, 0.1) is 30.9 Å². The van der Waals surface area contributed by atoms with Crippen LogP contribution in [0.15, 0.2) is 72.8 Å². The number of rotatable bonds is 18. The fraction of sp³-hybridized carbons (Fsp3) is 0.343. The summed E-state index contributed by atoms with van der Waals surface area (Å²) >= 11 is 0. The van der Waals surface area contributed by atoms with Crippen molar-refractivity contribution in [3.63, 3.8) is 0 Å². The Morgan fingerprint density at radius 1 is 0.636 bits per heavy atom. The van der Waals surface area contributed by atoms with Gasteiger partial charge >= 0.3 is 17.9 Å². The van der Waals surface area contributed by atoms with Crippen LogP contribution in [0.3, 0.4) is 0 Å². The third-order valence-electron chi connectivity index (χ3n) is 6.59. The van der Waals surface area contributed by atoms with E-state index in [-0.39, 0.29) is 0 Å². The molecule has 0 amide bonds. The minimum atomic E-state index is -0.505. The van der Waals surface area contributed by atoms with Crippen LogP contribution < -0.4 is 20.9 Å². The average Bonchev–Trinajstić information content (AvgIpc) is 3.01. The first kappa shape index (κ1) is 33.7. The van der Waals surface area contributed by atoms with E-state index in [0.29, 0.717) is 48.1 Å². The van der Waals surface area contributed by atoms with Gasteiger partial charge in [0.1, 0.15) is 11.5 Å². The molecule has 0 aliphatic heterocycles. The van der Waals surface area contributed by atoms with Crippen molar-refractivity contribution in [1.82, 2.24) is 0 Å². The minimum Gasteiger partial charge on any atom is -0.494 e. The molecule has 9 heteroatoms. The predicted molar refractivity (Wildman–Crippen MR) is 171 cm³/mol. The van der Waals surface area contributed by atoms with Gasteiger partial charge in [-0.2, -0.15) is 0 Å². The molecule has 0 unspecified atom stereocenters. The minimum absolute atomic E-state index is 0.317. The molecule has 3 aromatic carbocycles. The molecule has 0 bridgehead atoms. The molecule has 234 valence electrons. The molecule has 0 saturated heterocycles. The standard InChI is InChI=1S/C35H42N2O7/c1-2-3-7-20-41-31-15-17-32(18-16-31)44-33(38)19-12-26-10-13-27(14-11-26)34(39)42-21-8-5-4-6-9-22-43-35(40)28-23-29(36)25-30(37)24-28/h10-19,23-25H,2-9,20-22,36-37H2,1H3/b19-12+. The highest BCUT2D eigenvalue weighted by Crippen LogP contribution is 2.19. The Kier molecular flexibility index (Phi) is 14.3. The van der Waals surface area contributed by atoms with E-state index < -0.39 is 17.9 Å². The Morgan fingerprint density at radius 3 is 1.80 bits per heavy atom. The van der Waals surface area contributed by atoms with E-state index in [1.54, 1.807) is 60.7 Å². The van der Waals surface area contributed by atoms with Crippen LogP contribution in [0.2, 0.25) is 0 Å². The van der Waals surface area contributed by atoms with E-state index >= 15 is 0 Å². The predicted octanol–water partition coefficient (Wildman–Crippen LogP) is 7.00. The first-order valence-corrected chi connectivity index (χ1v) is 15.1. The van der Waals surface area contributed by atoms with Crippen LogP contribution >= 0.6 is 0 Å². The van der Waals surface area contributed by atoms with Gasteiger partial charge in [0.2, 0.25) is 0 Å². The number of nitrogens with two attached hydrogens (primary N) is 2. The fourth-order valence-corrected chi connectivity index (χ4v) is 4.22. The fourth-order valence-electron chi connectivity index (χ4n) is 4.22. The molecular formula is C35H42N2O7. The van der Waals surface area contributed by atoms with Crippen molar-refractivity contribution in [2.45, 2.75) is 58.3 Å². The summed E-state index contributed by atoms with van der Waals surface area (Å²) < 4.78 is 21.6. The number of hydrogen-bond donors (Lipinski definition) is 2. The van der Waals surface area contributed by atoms with Crippen molar-refractivity contribution < 1.29 is 33.3 Å². The summed E-state index contributed by atoms with van der Waals surface area (Å²) in [7, 11) is 0. The largest absolute Gasteiger partial charge is 0.494 e. The Morgan fingerprint density at radius 2 is 1.18 bits per heavy atom. The summed E-state index contributed by atoms with van der Waals surface area (Å²) in [4.78, 5) is 36.6. The van der Waals surface area contributed by atoms with E-state index in [1.807, 2.05) is 0 Å². The number of anilines is 2. The zero-order valence-electron chi connectivity index (χ0n) is 25.3. The maximum absolute atomic E-state index is 12.3. The Hall–Kier alpha value is -4.79. The van der Waals surface area contributed by atoms with Crippen LogP contribution in [0.5, 0.6) is 11.5 Å². The SMILES string of the molecule is CCCCCOc1ccc(OC(=O)/C=C/c2ccc(C(=O)OCCCCCCCOC(=O)c3cc(N)cc(N)c3)cc2)cc1. The Labute approximate surface area is 259 Å². The van der Waals surface area contributed by atoms with E-state index in [9.17, 15) is 14.4 Å². The van der Waals surface area contributed by atoms with Gasteiger partial charge in [0.25, 0.3) is 0 Å². The molecule has 0 atom stereocenters. The second-order valence-electron chi connectivity index (χ2n) is 10.3. The molecule has 0 spiro atoms. The van der Waals surface area contributed by atoms with Crippen LogP contribution in [-0.4, -0.2) is 37.7 Å². The number of unbranched alkanes of at least 4 members (excludes halogenated alkanes) is 6. The molecule has 9 nitrogen and oxygen atoms in total. The molecule has 3 rings (SSSR count). The normalized spacial score (nSPS) is 10.8. The molecule has 4 N–H and O–H groups in total. The summed E-state index contributed by atoms with van der Waals surface area (Å²) in [5, 5.41) is 0. The zero-order valence-corrected chi connectivity index (χ0v) is 25.3. The highest BCUT2D eigenvalue weighted by molar-refractivity contribution is 5.92. The van der Waals surface area contributed by atoms with Crippen LogP contribution in [0.25, 0.3) is 6.08 Å². The van der Waals surface area contributed by atoms with Gasteiger partial charge in [-0.1, -0.05) is 51.2 Å². The van der Waals surface area contributed by atoms with Gasteiger partial charge < -0.3 is 30.4 Å². The van der Waals surface area contributed by atoms with Crippen LogP contribution in [0.4, 0.5) is 11.4 Å².